The molecule has 0 heterocycles. The van der Waals surface area contributed by atoms with Gasteiger partial charge in [0, 0.05) is 6.61 Å². The lowest BCUT2D eigenvalue weighted by Crippen LogP contribution is -2.22. The normalized spacial score (nSPS) is 13.6. The van der Waals surface area contributed by atoms with Crippen LogP contribution in [0.2, 0.25) is 0 Å². The van der Waals surface area contributed by atoms with Crippen molar-refractivity contribution in [3.8, 4) is 0 Å². The van der Waals surface area contributed by atoms with Gasteiger partial charge >= 0.3 is 0 Å². The fourth-order valence-corrected chi connectivity index (χ4v) is 1.65. The third-order valence-corrected chi connectivity index (χ3v) is 2.67. The average Bonchev–Trinajstić information content (AvgIpc) is 2.23. The zero-order valence-corrected chi connectivity index (χ0v) is 12.5. The number of rotatable bonds is 11. The van der Waals surface area contributed by atoms with E-state index >= 15 is 0 Å². The van der Waals surface area contributed by atoms with Crippen LogP contribution in [0, 0.1) is 5.92 Å². The zero-order chi connectivity index (χ0) is 13.1. The minimum absolute atomic E-state index is 0.401. The van der Waals surface area contributed by atoms with Gasteiger partial charge in [0.1, 0.15) is 0 Å². The molecule has 1 atom stereocenters. The molecule has 0 saturated carbocycles. The van der Waals surface area contributed by atoms with E-state index < -0.39 is 0 Å². The molecule has 0 fully saturated rings. The van der Waals surface area contributed by atoms with Crippen LogP contribution >= 0.6 is 0 Å². The second kappa shape index (κ2) is 11.0. The van der Waals surface area contributed by atoms with Crippen molar-refractivity contribution in [2.75, 3.05) is 40.3 Å². The molecule has 0 radical (unpaired) electrons. The topological polar surface area (TPSA) is 24.5 Å². The summed E-state index contributed by atoms with van der Waals surface area (Å²) in [5.41, 5.74) is 0. The Bertz CT molecular complexity index is 160. The molecule has 0 aliphatic rings. The highest BCUT2D eigenvalue weighted by Gasteiger charge is 2.02. The Morgan fingerprint density at radius 2 is 1.82 bits per heavy atom. The zero-order valence-electron chi connectivity index (χ0n) is 12.5. The van der Waals surface area contributed by atoms with Crippen LogP contribution in [0.25, 0.3) is 0 Å². The van der Waals surface area contributed by atoms with E-state index in [-0.39, 0.29) is 0 Å². The van der Waals surface area contributed by atoms with E-state index in [2.05, 4.69) is 45.1 Å². The number of nitrogens with zero attached hydrogens (tertiary/aromatic N) is 1. The van der Waals surface area contributed by atoms with Gasteiger partial charge in [-0.05, 0) is 65.8 Å². The van der Waals surface area contributed by atoms with E-state index in [9.17, 15) is 0 Å². The van der Waals surface area contributed by atoms with Crippen molar-refractivity contribution in [1.29, 1.82) is 0 Å². The first-order chi connectivity index (χ1) is 8.02. The van der Waals surface area contributed by atoms with Crippen LogP contribution in [0.3, 0.4) is 0 Å². The van der Waals surface area contributed by atoms with Gasteiger partial charge in [-0.3, -0.25) is 0 Å². The lowest BCUT2D eigenvalue weighted by molar-refractivity contribution is 0.0543. The summed E-state index contributed by atoms with van der Waals surface area (Å²) < 4.78 is 5.77. The van der Waals surface area contributed by atoms with Crippen molar-refractivity contribution >= 4 is 0 Å². The molecule has 3 heteroatoms. The van der Waals surface area contributed by atoms with Gasteiger partial charge in [-0.2, -0.15) is 0 Å². The van der Waals surface area contributed by atoms with Crippen LogP contribution in [0.15, 0.2) is 0 Å². The lowest BCUT2D eigenvalue weighted by atomic mass is 10.2. The highest BCUT2D eigenvalue weighted by molar-refractivity contribution is 4.56. The fraction of sp³-hybridized carbons (Fsp3) is 1.00. The first-order valence-electron chi connectivity index (χ1n) is 6.99. The Morgan fingerprint density at radius 1 is 1.12 bits per heavy atom. The van der Waals surface area contributed by atoms with Gasteiger partial charge in [-0.1, -0.05) is 13.8 Å². The molecular formula is C14H32N2O. The van der Waals surface area contributed by atoms with Crippen LogP contribution in [-0.4, -0.2) is 51.3 Å². The summed E-state index contributed by atoms with van der Waals surface area (Å²) in [6.45, 7) is 10.9. The number of ether oxygens (including phenoxy) is 1. The standard InChI is InChI=1S/C14H32N2O/c1-13(2)12-15-9-6-8-14(3)17-11-7-10-16(4)5/h13-15H,6-12H2,1-5H3. The molecule has 0 aromatic carbocycles. The van der Waals surface area contributed by atoms with Crippen LogP contribution < -0.4 is 5.32 Å². The van der Waals surface area contributed by atoms with E-state index in [1.54, 1.807) is 0 Å². The molecule has 0 amide bonds. The van der Waals surface area contributed by atoms with Crippen LogP contribution in [0.1, 0.15) is 40.0 Å². The van der Waals surface area contributed by atoms with E-state index in [1.807, 2.05) is 0 Å². The maximum atomic E-state index is 5.77. The second-order valence-electron chi connectivity index (χ2n) is 5.58. The minimum atomic E-state index is 0.401. The smallest absolute Gasteiger partial charge is 0.0547 e. The van der Waals surface area contributed by atoms with Gasteiger partial charge in [0.05, 0.1) is 6.10 Å². The molecular weight excluding hydrogens is 212 g/mol. The number of hydrogen-bond acceptors (Lipinski definition) is 3. The largest absolute Gasteiger partial charge is 0.378 e. The maximum Gasteiger partial charge on any atom is 0.0547 e. The van der Waals surface area contributed by atoms with Crippen LogP contribution in [-0.2, 0) is 4.74 Å². The van der Waals surface area contributed by atoms with Crippen molar-refractivity contribution in [2.45, 2.75) is 46.1 Å². The summed E-state index contributed by atoms with van der Waals surface area (Å²) in [7, 11) is 4.20. The minimum Gasteiger partial charge on any atom is -0.378 e. The summed E-state index contributed by atoms with van der Waals surface area (Å²) in [5.74, 6) is 0.745. The van der Waals surface area contributed by atoms with E-state index in [4.69, 9.17) is 4.74 Å². The highest BCUT2D eigenvalue weighted by atomic mass is 16.5. The van der Waals surface area contributed by atoms with Gasteiger partial charge in [0.15, 0.2) is 0 Å². The molecule has 104 valence electrons. The molecule has 1 unspecified atom stereocenters. The first kappa shape index (κ1) is 16.9. The molecule has 0 bridgehead atoms. The van der Waals surface area contributed by atoms with Gasteiger partial charge in [-0.25, -0.2) is 0 Å². The maximum absolute atomic E-state index is 5.77. The van der Waals surface area contributed by atoms with E-state index in [0.717, 1.165) is 45.0 Å². The molecule has 3 nitrogen and oxygen atoms in total. The average molecular weight is 244 g/mol. The summed E-state index contributed by atoms with van der Waals surface area (Å²) in [6, 6.07) is 0. The molecule has 0 aliphatic carbocycles. The third kappa shape index (κ3) is 13.8. The molecule has 0 saturated heterocycles. The molecule has 0 spiro atoms. The lowest BCUT2D eigenvalue weighted by Gasteiger charge is -2.15. The van der Waals surface area contributed by atoms with E-state index in [1.165, 1.54) is 6.42 Å². The fourth-order valence-electron chi connectivity index (χ4n) is 1.65. The number of nitrogens with one attached hydrogen (secondary N) is 1. The molecule has 0 aromatic heterocycles. The molecule has 0 rings (SSSR count). The summed E-state index contributed by atoms with van der Waals surface area (Å²) in [4.78, 5) is 2.20. The second-order valence-corrected chi connectivity index (χ2v) is 5.58. The Balaban J connectivity index is 3.20. The summed E-state index contributed by atoms with van der Waals surface area (Å²) >= 11 is 0. The van der Waals surface area contributed by atoms with Crippen molar-refractivity contribution in [1.82, 2.24) is 10.2 Å². The Kier molecular flexibility index (Phi) is 10.9. The van der Waals surface area contributed by atoms with Gasteiger partial charge in [0.25, 0.3) is 0 Å². The predicted octanol–water partition coefficient (Wildman–Crippen LogP) is 2.37. The van der Waals surface area contributed by atoms with Gasteiger partial charge in [0.2, 0.25) is 0 Å². The van der Waals surface area contributed by atoms with Crippen LogP contribution in [0.4, 0.5) is 0 Å². The quantitative estimate of drug-likeness (QED) is 0.565. The van der Waals surface area contributed by atoms with Crippen molar-refractivity contribution in [3.63, 3.8) is 0 Å². The van der Waals surface area contributed by atoms with Crippen molar-refractivity contribution in [3.05, 3.63) is 0 Å². The Morgan fingerprint density at radius 3 is 2.41 bits per heavy atom. The van der Waals surface area contributed by atoms with Crippen molar-refractivity contribution in [2.24, 2.45) is 5.92 Å². The summed E-state index contributed by atoms with van der Waals surface area (Å²) in [5, 5.41) is 3.46. The summed E-state index contributed by atoms with van der Waals surface area (Å²) in [6.07, 6.45) is 3.90. The van der Waals surface area contributed by atoms with Crippen molar-refractivity contribution < 1.29 is 4.74 Å². The SMILES string of the molecule is CC(C)CNCCCC(C)OCCCN(C)C. The molecule has 0 aliphatic heterocycles. The van der Waals surface area contributed by atoms with Gasteiger partial charge in [-0.15, -0.1) is 0 Å². The Labute approximate surface area is 108 Å². The molecule has 1 N–H and O–H groups in total. The molecule has 17 heavy (non-hydrogen) atoms. The Hall–Kier alpha value is -0.120. The first-order valence-corrected chi connectivity index (χ1v) is 6.99. The predicted molar refractivity (Wildman–Crippen MR) is 75.5 cm³/mol. The van der Waals surface area contributed by atoms with Gasteiger partial charge < -0.3 is 15.0 Å². The monoisotopic (exact) mass is 244 g/mol. The van der Waals surface area contributed by atoms with E-state index in [0.29, 0.717) is 6.10 Å². The highest BCUT2D eigenvalue weighted by Crippen LogP contribution is 2.02. The molecule has 0 aromatic rings. The number of hydrogen-bond donors (Lipinski definition) is 1. The van der Waals surface area contributed by atoms with Crippen LogP contribution in [0.5, 0.6) is 0 Å². The third-order valence-electron chi connectivity index (χ3n) is 2.67.